The Bertz CT molecular complexity index is 1120. The Labute approximate surface area is 292 Å². The Balaban J connectivity index is 0.000000353. The van der Waals surface area contributed by atoms with Crippen LogP contribution in [0.4, 0.5) is 0 Å². The Kier molecular flexibility index (Phi) is 16.5. The number of nitrogens with one attached hydrogen (secondary N) is 2. The average Bonchev–Trinajstić information content (AvgIpc) is 3.64. The first-order chi connectivity index (χ1) is 22.4. The zero-order valence-electron chi connectivity index (χ0n) is 31.8. The molecule has 2 aliphatic rings. The lowest BCUT2D eigenvalue weighted by molar-refractivity contribution is -0.120. The molecule has 0 aromatic heterocycles. The largest absolute Gasteiger partial charge is 0.456 e. The predicted molar refractivity (Wildman–Crippen MR) is 198 cm³/mol. The van der Waals surface area contributed by atoms with E-state index in [1.165, 1.54) is 0 Å². The van der Waals surface area contributed by atoms with Crippen LogP contribution in [0.25, 0.3) is 0 Å². The molecule has 9 nitrogen and oxygen atoms in total. The second kappa shape index (κ2) is 18.8. The van der Waals surface area contributed by atoms with E-state index in [2.05, 4.69) is 93.7 Å². The van der Waals surface area contributed by atoms with E-state index in [9.17, 15) is 19.5 Å². The Morgan fingerprint density at radius 2 is 1.08 bits per heavy atom. The van der Waals surface area contributed by atoms with Gasteiger partial charge in [0, 0.05) is 37.8 Å². The molecule has 2 fully saturated rings. The minimum atomic E-state index is -2.09. The van der Waals surface area contributed by atoms with Crippen LogP contribution < -0.4 is 10.6 Å². The molecule has 2 aliphatic heterocycles. The molecular weight excluding hydrogens is 641 g/mol. The molecule has 0 spiro atoms. The van der Waals surface area contributed by atoms with E-state index in [1.807, 2.05) is 18.2 Å². The van der Waals surface area contributed by atoms with Gasteiger partial charge in [-0.05, 0) is 45.4 Å². The summed E-state index contributed by atoms with van der Waals surface area (Å²) >= 11 is 0. The fourth-order valence-corrected chi connectivity index (χ4v) is 19.3. The van der Waals surface area contributed by atoms with Gasteiger partial charge in [0.2, 0.25) is 20.1 Å². The zero-order chi connectivity index (χ0) is 36.4. The van der Waals surface area contributed by atoms with Crippen LogP contribution in [-0.2, 0) is 23.2 Å². The van der Waals surface area contributed by atoms with Gasteiger partial charge in [-0.2, -0.15) is 0 Å². The van der Waals surface area contributed by atoms with E-state index >= 15 is 0 Å². The maximum Gasteiger partial charge on any atom is 0.338 e. The molecule has 1 aromatic rings. The third-order valence-corrected chi connectivity index (χ3v) is 22.9. The van der Waals surface area contributed by atoms with Gasteiger partial charge in [0.1, 0.15) is 6.10 Å². The summed E-state index contributed by atoms with van der Waals surface area (Å²) in [5.74, 6) is -0.376. The van der Waals surface area contributed by atoms with Gasteiger partial charge in [0.05, 0.1) is 24.9 Å². The summed E-state index contributed by atoms with van der Waals surface area (Å²) in [4.78, 5) is 35.6. The van der Waals surface area contributed by atoms with Crippen LogP contribution in [0.5, 0.6) is 0 Å². The van der Waals surface area contributed by atoms with Crippen molar-refractivity contribution in [1.82, 2.24) is 10.6 Å². The molecule has 2 saturated heterocycles. The summed E-state index contributed by atoms with van der Waals surface area (Å²) in [6, 6.07) is 8.99. The second-order valence-electron chi connectivity index (χ2n) is 15.7. The third-order valence-electron chi connectivity index (χ3n) is 10.8. The molecule has 0 saturated carbocycles. The van der Waals surface area contributed by atoms with Crippen molar-refractivity contribution < 1.29 is 33.1 Å². The molecule has 3 N–H and O–H groups in total. The highest BCUT2D eigenvalue weighted by Crippen LogP contribution is 2.43. The summed E-state index contributed by atoms with van der Waals surface area (Å²) in [5, 5.41) is 15.9. The molecular formula is C37H66N2O7Si2. The smallest absolute Gasteiger partial charge is 0.338 e. The predicted octanol–water partition coefficient (Wildman–Crippen LogP) is 7.22. The minimum Gasteiger partial charge on any atom is -0.456 e. The normalized spacial score (nSPS) is 20.0. The molecule has 1 aromatic carbocycles. The summed E-state index contributed by atoms with van der Waals surface area (Å²) in [6.07, 6.45) is -0.188. The molecule has 274 valence electrons. The van der Waals surface area contributed by atoms with E-state index in [1.54, 1.807) is 12.1 Å². The molecule has 11 heteroatoms. The SMILES string of the molecule is CC(C)[Si](OC[C@@H](O)[C@@H]1CNC(=O)C1)(C(C)C)C(C)C.CC(C)[Si](OC[C@@H](OC(=O)c1ccccc1)[C@@H]1CNC(=O)C1)(C(C)C)C(C)C. The molecule has 0 radical (unpaired) electrons. The third kappa shape index (κ3) is 10.5. The molecule has 48 heavy (non-hydrogen) atoms. The molecule has 3 rings (SSSR count). The lowest BCUT2D eigenvalue weighted by Gasteiger charge is -2.43. The van der Waals surface area contributed by atoms with Crippen molar-refractivity contribution in [1.29, 1.82) is 0 Å². The number of carbonyl (C=O) groups is 3. The quantitative estimate of drug-likeness (QED) is 0.123. The van der Waals surface area contributed by atoms with Gasteiger partial charge in [-0.1, -0.05) is 101 Å². The van der Waals surface area contributed by atoms with Gasteiger partial charge in [-0.3, -0.25) is 9.59 Å². The lowest BCUT2D eigenvalue weighted by atomic mass is 10.0. The zero-order valence-corrected chi connectivity index (χ0v) is 33.8. The first kappa shape index (κ1) is 42.1. The number of aliphatic hydroxyl groups is 1. The van der Waals surface area contributed by atoms with Crippen molar-refractivity contribution in [3.63, 3.8) is 0 Å². The van der Waals surface area contributed by atoms with Gasteiger partial charge in [-0.15, -0.1) is 0 Å². The van der Waals surface area contributed by atoms with E-state index in [4.69, 9.17) is 13.6 Å². The van der Waals surface area contributed by atoms with Crippen LogP contribution in [-0.4, -0.2) is 78.0 Å². The Morgan fingerprint density at radius 1 is 0.688 bits per heavy atom. The highest BCUT2D eigenvalue weighted by atomic mass is 28.4. The topological polar surface area (TPSA) is 123 Å². The summed E-state index contributed by atoms with van der Waals surface area (Å²) in [5.41, 5.74) is 3.39. The molecule has 0 bridgehead atoms. The number of hydrogen-bond acceptors (Lipinski definition) is 7. The van der Waals surface area contributed by atoms with E-state index in [-0.39, 0.29) is 29.6 Å². The maximum absolute atomic E-state index is 12.6. The average molecular weight is 707 g/mol. The van der Waals surface area contributed by atoms with Gasteiger partial charge < -0.3 is 29.3 Å². The van der Waals surface area contributed by atoms with Gasteiger partial charge in [0.25, 0.3) is 0 Å². The van der Waals surface area contributed by atoms with Gasteiger partial charge in [-0.25, -0.2) is 4.79 Å². The lowest BCUT2D eigenvalue weighted by Crippen LogP contribution is -2.50. The number of esters is 1. The van der Waals surface area contributed by atoms with Crippen molar-refractivity contribution in [2.75, 3.05) is 26.3 Å². The molecule has 2 heterocycles. The van der Waals surface area contributed by atoms with E-state index in [0.29, 0.717) is 78.0 Å². The molecule has 0 unspecified atom stereocenters. The minimum absolute atomic E-state index is 0.000636. The van der Waals surface area contributed by atoms with Crippen LogP contribution in [0, 0.1) is 11.8 Å². The highest BCUT2D eigenvalue weighted by molar-refractivity contribution is 6.78. The van der Waals surface area contributed by atoms with Crippen LogP contribution in [0.1, 0.15) is 106 Å². The van der Waals surface area contributed by atoms with Crippen LogP contribution in [0.2, 0.25) is 33.2 Å². The van der Waals surface area contributed by atoms with Crippen molar-refractivity contribution in [2.24, 2.45) is 11.8 Å². The monoisotopic (exact) mass is 706 g/mol. The van der Waals surface area contributed by atoms with E-state index < -0.39 is 28.8 Å². The van der Waals surface area contributed by atoms with Crippen molar-refractivity contribution in [3.8, 4) is 0 Å². The second-order valence-corrected chi connectivity index (χ2v) is 26.6. The van der Waals surface area contributed by atoms with Crippen LogP contribution >= 0.6 is 0 Å². The number of ether oxygens (including phenoxy) is 1. The maximum atomic E-state index is 12.6. The first-order valence-corrected chi connectivity index (χ1v) is 22.4. The number of rotatable bonds is 16. The number of amides is 2. The number of carbonyl (C=O) groups excluding carboxylic acids is 3. The van der Waals surface area contributed by atoms with E-state index in [0.717, 1.165) is 0 Å². The van der Waals surface area contributed by atoms with Gasteiger partial charge in [0.15, 0.2) is 8.32 Å². The number of hydrogen-bond donors (Lipinski definition) is 3. The summed E-state index contributed by atoms with van der Waals surface area (Å²) < 4.78 is 18.9. The van der Waals surface area contributed by atoms with Crippen molar-refractivity contribution >= 4 is 34.4 Å². The highest BCUT2D eigenvalue weighted by Gasteiger charge is 2.47. The van der Waals surface area contributed by atoms with Crippen LogP contribution in [0.3, 0.4) is 0 Å². The summed E-state index contributed by atoms with van der Waals surface area (Å²) in [7, 11) is -4.01. The van der Waals surface area contributed by atoms with Crippen molar-refractivity contribution in [3.05, 3.63) is 35.9 Å². The summed E-state index contributed by atoms with van der Waals surface area (Å²) in [6.45, 7) is 28.6. The number of benzene rings is 1. The fourth-order valence-electron chi connectivity index (χ4n) is 8.43. The van der Waals surface area contributed by atoms with Crippen LogP contribution in [0.15, 0.2) is 30.3 Å². The standard InChI is InChI=1S/C22H35NO4Si.C15H31NO3Si/c1-15(2)28(16(3)4,17(5)6)26-14-20(19-12-21(24)23-13-19)27-22(25)18-10-8-7-9-11-18;1-10(2)20(11(3)4,12(5)6)19-9-14(17)13-7-15(18)16-8-13/h7-11,15-17,19-20H,12-14H2,1-6H3,(H,23,24);10-14,17H,7-9H2,1-6H3,(H,16,18)/t19-,20+;13-,14+/m00/s1. The number of aliphatic hydroxyl groups excluding tert-OH is 1. The Morgan fingerprint density at radius 3 is 1.46 bits per heavy atom. The molecule has 4 atom stereocenters. The van der Waals surface area contributed by atoms with Crippen molar-refractivity contribution in [2.45, 2.75) is 141 Å². The fraction of sp³-hybridized carbons (Fsp3) is 0.757. The first-order valence-electron chi connectivity index (χ1n) is 18.1. The molecule has 2 amide bonds. The van der Waals surface area contributed by atoms with Gasteiger partial charge >= 0.3 is 5.97 Å². The molecule has 0 aliphatic carbocycles. The Hall–Kier alpha value is -2.06.